The number of hydrogen-bond donors (Lipinski definition) is 1. The van der Waals surface area contributed by atoms with Gasteiger partial charge >= 0.3 is 5.97 Å². The average Bonchev–Trinajstić information content (AvgIpc) is 2.93. The smallest absolute Gasteiger partial charge is 0.357 e. The average molecular weight is 303 g/mol. The number of carboxylic acids is 1. The molecule has 1 aromatic carbocycles. The molecular weight excluding hydrogens is 286 g/mol. The molecule has 22 heavy (non-hydrogen) atoms. The van der Waals surface area contributed by atoms with Gasteiger partial charge in [-0.05, 0) is 6.07 Å². The molecule has 1 atom stereocenters. The van der Waals surface area contributed by atoms with E-state index in [1.165, 1.54) is 0 Å². The zero-order chi connectivity index (χ0) is 15.1. The second-order valence-electron chi connectivity index (χ2n) is 5.63. The molecule has 116 valence electrons. The third-order valence-corrected chi connectivity index (χ3v) is 4.24. The maximum Gasteiger partial charge on any atom is 0.357 e. The first-order chi connectivity index (χ1) is 10.7. The summed E-state index contributed by atoms with van der Waals surface area (Å²) in [6.07, 6.45) is 0. The third-order valence-electron chi connectivity index (χ3n) is 4.24. The molecule has 0 bridgehead atoms. The number of carboxylic acid groups (broad SMARTS) is 1. The lowest BCUT2D eigenvalue weighted by atomic mass is 10.1. The van der Waals surface area contributed by atoms with Crippen molar-refractivity contribution in [3.05, 3.63) is 23.9 Å². The van der Waals surface area contributed by atoms with Crippen LogP contribution in [-0.2, 0) is 4.74 Å². The van der Waals surface area contributed by atoms with Crippen molar-refractivity contribution in [1.82, 2.24) is 14.7 Å². The van der Waals surface area contributed by atoms with E-state index in [2.05, 4.69) is 10.00 Å². The van der Waals surface area contributed by atoms with Gasteiger partial charge in [0.1, 0.15) is 17.9 Å². The van der Waals surface area contributed by atoms with Gasteiger partial charge in [0.15, 0.2) is 5.69 Å². The van der Waals surface area contributed by atoms with E-state index >= 15 is 0 Å². The van der Waals surface area contributed by atoms with Gasteiger partial charge < -0.3 is 14.6 Å². The molecule has 4 rings (SSSR count). The lowest BCUT2D eigenvalue weighted by Crippen LogP contribution is -2.42. The first-order valence-corrected chi connectivity index (χ1v) is 7.41. The van der Waals surface area contributed by atoms with Crippen LogP contribution in [0.25, 0.3) is 10.9 Å². The first kappa shape index (κ1) is 13.5. The molecular formula is C15H17N3O4. The fourth-order valence-electron chi connectivity index (χ4n) is 3.17. The number of morpholine rings is 1. The second-order valence-corrected chi connectivity index (χ2v) is 5.63. The van der Waals surface area contributed by atoms with E-state index in [9.17, 15) is 9.90 Å². The van der Waals surface area contributed by atoms with Crippen LogP contribution in [0.5, 0.6) is 5.75 Å². The van der Waals surface area contributed by atoms with Gasteiger partial charge in [-0.15, -0.1) is 0 Å². The van der Waals surface area contributed by atoms with Crippen molar-refractivity contribution in [2.75, 3.05) is 39.5 Å². The summed E-state index contributed by atoms with van der Waals surface area (Å²) in [5.41, 5.74) is 0.874. The molecule has 2 aromatic rings. The molecule has 0 saturated carbocycles. The highest BCUT2D eigenvalue weighted by molar-refractivity contribution is 6.03. The molecule has 2 aliphatic rings. The Kier molecular flexibility index (Phi) is 3.24. The van der Waals surface area contributed by atoms with Gasteiger partial charge in [0.25, 0.3) is 0 Å². The molecule has 1 N–H and O–H groups in total. The molecule has 1 fully saturated rings. The van der Waals surface area contributed by atoms with E-state index < -0.39 is 5.97 Å². The number of para-hydroxylation sites is 1. The van der Waals surface area contributed by atoms with Crippen LogP contribution in [0.4, 0.5) is 0 Å². The predicted molar refractivity (Wildman–Crippen MR) is 78.5 cm³/mol. The Morgan fingerprint density at radius 1 is 1.36 bits per heavy atom. The minimum atomic E-state index is -1.01. The molecule has 0 unspecified atom stereocenters. The Labute approximate surface area is 127 Å². The van der Waals surface area contributed by atoms with Crippen LogP contribution in [0.1, 0.15) is 16.5 Å². The maximum atomic E-state index is 11.4. The summed E-state index contributed by atoms with van der Waals surface area (Å²) < 4.78 is 13.0. The number of rotatable bonds is 3. The summed E-state index contributed by atoms with van der Waals surface area (Å²) in [6.45, 7) is 4.53. The summed E-state index contributed by atoms with van der Waals surface area (Å²) in [7, 11) is 0. The van der Waals surface area contributed by atoms with Gasteiger partial charge in [-0.2, -0.15) is 5.10 Å². The SMILES string of the molecule is O=C(O)c1nn2c3c(cccc13)OC[C@H]2CN1CCOCC1. The van der Waals surface area contributed by atoms with E-state index in [1.54, 1.807) is 12.1 Å². The Morgan fingerprint density at radius 2 is 2.18 bits per heavy atom. The molecule has 3 heterocycles. The summed E-state index contributed by atoms with van der Waals surface area (Å²) in [5.74, 6) is -0.302. The van der Waals surface area contributed by atoms with Crippen molar-refractivity contribution >= 4 is 16.9 Å². The standard InChI is InChI=1S/C15H17N3O4/c19-15(20)13-11-2-1-3-12-14(11)18(16-13)10(9-22-12)8-17-4-6-21-7-5-17/h1-3,10H,4-9H2,(H,19,20)/t10-/m1/s1. The van der Waals surface area contributed by atoms with Crippen LogP contribution in [0.2, 0.25) is 0 Å². The molecule has 7 heteroatoms. The summed E-state index contributed by atoms with van der Waals surface area (Å²) in [4.78, 5) is 13.7. The number of ether oxygens (including phenoxy) is 2. The number of hydrogen-bond acceptors (Lipinski definition) is 5. The zero-order valence-corrected chi connectivity index (χ0v) is 12.1. The van der Waals surface area contributed by atoms with Crippen LogP contribution in [0.3, 0.4) is 0 Å². The predicted octanol–water partition coefficient (Wildman–Crippen LogP) is 1.00. The van der Waals surface area contributed by atoms with E-state index in [0.29, 0.717) is 17.7 Å². The fourth-order valence-corrected chi connectivity index (χ4v) is 3.17. The van der Waals surface area contributed by atoms with Crippen molar-refractivity contribution in [2.24, 2.45) is 0 Å². The Balaban J connectivity index is 1.73. The highest BCUT2D eigenvalue weighted by atomic mass is 16.5. The van der Waals surface area contributed by atoms with Gasteiger partial charge in [-0.3, -0.25) is 9.58 Å². The minimum Gasteiger partial charge on any atom is -0.489 e. The molecule has 2 aliphatic heterocycles. The lowest BCUT2D eigenvalue weighted by Gasteiger charge is -2.32. The van der Waals surface area contributed by atoms with Crippen molar-refractivity contribution < 1.29 is 19.4 Å². The van der Waals surface area contributed by atoms with Gasteiger partial charge in [0.05, 0.1) is 19.3 Å². The van der Waals surface area contributed by atoms with Crippen LogP contribution >= 0.6 is 0 Å². The Bertz CT molecular complexity index is 721. The second kappa shape index (κ2) is 5.26. The Hall–Kier alpha value is -2.12. The van der Waals surface area contributed by atoms with E-state index in [-0.39, 0.29) is 11.7 Å². The molecule has 0 amide bonds. The number of nitrogens with zero attached hydrogens (tertiary/aromatic N) is 3. The monoisotopic (exact) mass is 303 g/mol. The van der Waals surface area contributed by atoms with Crippen LogP contribution in [0, 0.1) is 0 Å². The quantitative estimate of drug-likeness (QED) is 0.911. The molecule has 1 aromatic heterocycles. The molecule has 1 saturated heterocycles. The summed E-state index contributed by atoms with van der Waals surface area (Å²) in [5, 5.41) is 14.3. The lowest BCUT2D eigenvalue weighted by molar-refractivity contribution is 0.0262. The number of aromatic carboxylic acids is 1. The number of aromatic nitrogens is 2. The van der Waals surface area contributed by atoms with E-state index in [4.69, 9.17) is 9.47 Å². The summed E-state index contributed by atoms with van der Waals surface area (Å²) in [6, 6.07) is 5.46. The normalized spacial score (nSPS) is 21.7. The van der Waals surface area contributed by atoms with Crippen LogP contribution in [0.15, 0.2) is 18.2 Å². The molecule has 0 radical (unpaired) electrons. The topological polar surface area (TPSA) is 76.8 Å². The molecule has 7 nitrogen and oxygen atoms in total. The van der Waals surface area contributed by atoms with Crippen molar-refractivity contribution in [3.8, 4) is 5.75 Å². The van der Waals surface area contributed by atoms with Crippen molar-refractivity contribution in [1.29, 1.82) is 0 Å². The Morgan fingerprint density at radius 3 is 2.95 bits per heavy atom. The van der Waals surface area contributed by atoms with E-state index in [1.807, 2.05) is 10.7 Å². The van der Waals surface area contributed by atoms with Gasteiger partial charge in [0, 0.05) is 25.0 Å². The van der Waals surface area contributed by atoms with Crippen molar-refractivity contribution in [2.45, 2.75) is 6.04 Å². The van der Waals surface area contributed by atoms with Crippen LogP contribution < -0.4 is 4.74 Å². The minimum absolute atomic E-state index is 0.0172. The van der Waals surface area contributed by atoms with Crippen LogP contribution in [-0.4, -0.2) is 65.2 Å². The van der Waals surface area contributed by atoms with Crippen molar-refractivity contribution in [3.63, 3.8) is 0 Å². The van der Waals surface area contributed by atoms with E-state index in [0.717, 1.165) is 38.4 Å². The number of carbonyl (C=O) groups is 1. The number of benzene rings is 1. The maximum absolute atomic E-state index is 11.4. The molecule has 0 aliphatic carbocycles. The zero-order valence-electron chi connectivity index (χ0n) is 12.1. The largest absolute Gasteiger partial charge is 0.489 e. The van der Waals surface area contributed by atoms with Gasteiger partial charge in [0.2, 0.25) is 0 Å². The molecule has 0 spiro atoms. The fraction of sp³-hybridized carbons (Fsp3) is 0.467. The summed E-state index contributed by atoms with van der Waals surface area (Å²) >= 11 is 0. The van der Waals surface area contributed by atoms with Gasteiger partial charge in [-0.25, -0.2) is 4.79 Å². The highest BCUT2D eigenvalue weighted by Crippen LogP contribution is 2.34. The third kappa shape index (κ3) is 2.13. The van der Waals surface area contributed by atoms with Gasteiger partial charge in [-0.1, -0.05) is 12.1 Å². The highest BCUT2D eigenvalue weighted by Gasteiger charge is 2.29. The first-order valence-electron chi connectivity index (χ1n) is 7.41.